The van der Waals surface area contributed by atoms with E-state index in [1.54, 1.807) is 6.92 Å². The first-order valence-corrected chi connectivity index (χ1v) is 6.73. The maximum absolute atomic E-state index is 11.7. The second kappa shape index (κ2) is 7.39. The van der Waals surface area contributed by atoms with Crippen molar-refractivity contribution < 1.29 is 9.59 Å². The highest BCUT2D eigenvalue weighted by Crippen LogP contribution is 2.12. The monoisotopic (exact) mass is 256 g/mol. The average Bonchev–Trinajstić information content (AvgIpc) is 2.22. The maximum atomic E-state index is 11.7. The molecule has 2 amide bonds. The van der Waals surface area contributed by atoms with Crippen molar-refractivity contribution in [3.8, 4) is 0 Å². The van der Waals surface area contributed by atoms with Gasteiger partial charge in [-0.2, -0.15) is 0 Å². The Morgan fingerprint density at radius 3 is 2.11 bits per heavy atom. The lowest BCUT2D eigenvalue weighted by atomic mass is 9.95. The molecule has 1 unspecified atom stereocenters. The van der Waals surface area contributed by atoms with E-state index in [-0.39, 0.29) is 11.8 Å². The van der Waals surface area contributed by atoms with E-state index >= 15 is 0 Å². The van der Waals surface area contributed by atoms with Crippen molar-refractivity contribution in [1.82, 2.24) is 10.6 Å². The van der Waals surface area contributed by atoms with Crippen molar-refractivity contribution in [2.45, 2.75) is 60.4 Å². The molecule has 4 heteroatoms. The van der Waals surface area contributed by atoms with Crippen LogP contribution in [0.2, 0.25) is 0 Å². The molecule has 106 valence electrons. The van der Waals surface area contributed by atoms with Gasteiger partial charge in [0, 0.05) is 12.0 Å². The van der Waals surface area contributed by atoms with Gasteiger partial charge >= 0.3 is 0 Å². The fourth-order valence-electron chi connectivity index (χ4n) is 1.35. The van der Waals surface area contributed by atoms with Crippen molar-refractivity contribution in [3.63, 3.8) is 0 Å². The lowest BCUT2D eigenvalue weighted by Gasteiger charge is -2.21. The van der Waals surface area contributed by atoms with Crippen molar-refractivity contribution in [3.05, 3.63) is 0 Å². The Balaban J connectivity index is 3.94. The minimum absolute atomic E-state index is 0.104. The standard InChI is InChI=1S/C14H28N2O2/c1-10(2)8-7-9-15-12(17)11(3)16-13(18)14(4,5)6/h10-11H,7-9H2,1-6H3,(H,15,17)(H,16,18). The third kappa shape index (κ3) is 7.30. The first kappa shape index (κ1) is 16.9. The van der Waals surface area contributed by atoms with Crippen LogP contribution in [0.1, 0.15) is 54.4 Å². The molecule has 0 aliphatic rings. The molecule has 0 rings (SSSR count). The van der Waals surface area contributed by atoms with Gasteiger partial charge in [-0.15, -0.1) is 0 Å². The Morgan fingerprint density at radius 1 is 1.11 bits per heavy atom. The molecule has 2 N–H and O–H groups in total. The van der Waals surface area contributed by atoms with Gasteiger partial charge in [-0.1, -0.05) is 34.6 Å². The fraction of sp³-hybridized carbons (Fsp3) is 0.857. The molecule has 0 aliphatic carbocycles. The van der Waals surface area contributed by atoms with Crippen LogP contribution in [-0.4, -0.2) is 24.4 Å². The third-order valence-electron chi connectivity index (χ3n) is 2.68. The highest BCUT2D eigenvalue weighted by molar-refractivity contribution is 5.89. The topological polar surface area (TPSA) is 58.2 Å². The minimum atomic E-state index is -0.476. The molecule has 0 aliphatic heterocycles. The van der Waals surface area contributed by atoms with E-state index in [1.165, 1.54) is 0 Å². The predicted molar refractivity (Wildman–Crippen MR) is 74.1 cm³/mol. The second-order valence-corrected chi connectivity index (χ2v) is 6.27. The summed E-state index contributed by atoms with van der Waals surface area (Å²) in [5.41, 5.74) is -0.466. The van der Waals surface area contributed by atoms with Gasteiger partial charge in [0.15, 0.2) is 0 Å². The van der Waals surface area contributed by atoms with E-state index in [1.807, 2.05) is 20.8 Å². The van der Waals surface area contributed by atoms with Crippen LogP contribution in [0.25, 0.3) is 0 Å². The molecule has 0 heterocycles. The van der Waals surface area contributed by atoms with Gasteiger partial charge in [0.25, 0.3) is 0 Å². The Bertz CT molecular complexity index is 280. The zero-order valence-electron chi connectivity index (χ0n) is 12.6. The largest absolute Gasteiger partial charge is 0.354 e. The van der Waals surface area contributed by atoms with E-state index in [2.05, 4.69) is 24.5 Å². The highest BCUT2D eigenvalue weighted by Gasteiger charge is 2.24. The number of carbonyl (C=O) groups excluding carboxylic acids is 2. The summed E-state index contributed by atoms with van der Waals surface area (Å²) in [5.74, 6) is 0.434. The molecule has 18 heavy (non-hydrogen) atoms. The highest BCUT2D eigenvalue weighted by atomic mass is 16.2. The van der Waals surface area contributed by atoms with Gasteiger partial charge in [-0.25, -0.2) is 0 Å². The Labute approximate surface area is 111 Å². The predicted octanol–water partition coefficient (Wildman–Crippen LogP) is 2.09. The van der Waals surface area contributed by atoms with E-state index < -0.39 is 11.5 Å². The van der Waals surface area contributed by atoms with Crippen LogP contribution < -0.4 is 10.6 Å². The van der Waals surface area contributed by atoms with Gasteiger partial charge in [-0.3, -0.25) is 9.59 Å². The molecule has 0 aromatic carbocycles. The van der Waals surface area contributed by atoms with Gasteiger partial charge in [0.2, 0.25) is 11.8 Å². The smallest absolute Gasteiger partial charge is 0.242 e. The molecule has 4 nitrogen and oxygen atoms in total. The number of hydrogen-bond acceptors (Lipinski definition) is 2. The van der Waals surface area contributed by atoms with Crippen LogP contribution in [-0.2, 0) is 9.59 Å². The normalized spacial score (nSPS) is 13.3. The fourth-order valence-corrected chi connectivity index (χ4v) is 1.35. The quantitative estimate of drug-likeness (QED) is 0.715. The lowest BCUT2D eigenvalue weighted by Crippen LogP contribution is -2.48. The molecule has 0 bridgehead atoms. The molecule has 0 radical (unpaired) electrons. The summed E-state index contributed by atoms with van der Waals surface area (Å²) in [6.07, 6.45) is 2.08. The second-order valence-electron chi connectivity index (χ2n) is 6.27. The Hall–Kier alpha value is -1.06. The van der Waals surface area contributed by atoms with E-state index in [9.17, 15) is 9.59 Å². The van der Waals surface area contributed by atoms with Crippen LogP contribution in [0, 0.1) is 11.3 Å². The molecule has 0 aromatic rings. The summed E-state index contributed by atoms with van der Waals surface area (Å²) in [6, 6.07) is -0.476. The SMILES string of the molecule is CC(C)CCCNC(=O)C(C)NC(=O)C(C)(C)C. The zero-order valence-corrected chi connectivity index (χ0v) is 12.6. The van der Waals surface area contributed by atoms with Crippen LogP contribution in [0.4, 0.5) is 0 Å². The van der Waals surface area contributed by atoms with Crippen molar-refractivity contribution in [2.24, 2.45) is 11.3 Å². The maximum Gasteiger partial charge on any atom is 0.242 e. The van der Waals surface area contributed by atoms with Crippen molar-refractivity contribution in [1.29, 1.82) is 0 Å². The molecule has 0 fully saturated rings. The number of hydrogen-bond donors (Lipinski definition) is 2. The van der Waals surface area contributed by atoms with E-state index in [0.29, 0.717) is 12.5 Å². The van der Waals surface area contributed by atoms with Gasteiger partial charge in [-0.05, 0) is 25.7 Å². The van der Waals surface area contributed by atoms with Crippen molar-refractivity contribution in [2.75, 3.05) is 6.54 Å². The number of carbonyl (C=O) groups is 2. The zero-order chi connectivity index (χ0) is 14.3. The number of rotatable bonds is 6. The van der Waals surface area contributed by atoms with Crippen LogP contribution in [0.5, 0.6) is 0 Å². The minimum Gasteiger partial charge on any atom is -0.354 e. The molecule has 0 spiro atoms. The third-order valence-corrected chi connectivity index (χ3v) is 2.68. The molecule has 0 saturated heterocycles. The molecule has 0 aromatic heterocycles. The summed E-state index contributed by atoms with van der Waals surface area (Å²) < 4.78 is 0. The molecule has 1 atom stereocenters. The van der Waals surface area contributed by atoms with Crippen LogP contribution >= 0.6 is 0 Å². The van der Waals surface area contributed by atoms with Crippen LogP contribution in [0.3, 0.4) is 0 Å². The molecular weight excluding hydrogens is 228 g/mol. The summed E-state index contributed by atoms with van der Waals surface area (Å²) in [7, 11) is 0. The van der Waals surface area contributed by atoms with Gasteiger partial charge in [0.1, 0.15) is 6.04 Å². The lowest BCUT2D eigenvalue weighted by molar-refractivity contribution is -0.133. The van der Waals surface area contributed by atoms with E-state index in [0.717, 1.165) is 12.8 Å². The first-order chi connectivity index (χ1) is 8.14. The van der Waals surface area contributed by atoms with Gasteiger partial charge in [0.05, 0.1) is 0 Å². The summed E-state index contributed by atoms with van der Waals surface area (Å²) in [4.78, 5) is 23.4. The Kier molecular flexibility index (Phi) is 6.96. The molecule has 0 saturated carbocycles. The average molecular weight is 256 g/mol. The summed E-state index contributed by atoms with van der Waals surface area (Å²) in [6.45, 7) is 12.2. The number of amides is 2. The van der Waals surface area contributed by atoms with E-state index in [4.69, 9.17) is 0 Å². The van der Waals surface area contributed by atoms with Gasteiger partial charge < -0.3 is 10.6 Å². The molecular formula is C14H28N2O2. The van der Waals surface area contributed by atoms with Crippen molar-refractivity contribution >= 4 is 11.8 Å². The van der Waals surface area contributed by atoms with Crippen LogP contribution in [0.15, 0.2) is 0 Å². The summed E-state index contributed by atoms with van der Waals surface area (Å²) in [5, 5.41) is 5.56. The summed E-state index contributed by atoms with van der Waals surface area (Å²) >= 11 is 0. The Morgan fingerprint density at radius 2 is 1.67 bits per heavy atom. The number of nitrogens with one attached hydrogen (secondary N) is 2. The first-order valence-electron chi connectivity index (χ1n) is 6.73.